The summed E-state index contributed by atoms with van der Waals surface area (Å²) in [6.07, 6.45) is -0.122. The van der Waals surface area contributed by atoms with Gasteiger partial charge in [0.05, 0.1) is 12.1 Å². The third-order valence-electron chi connectivity index (χ3n) is 4.76. The molecular weight excluding hydrogens is 424 g/mol. The summed E-state index contributed by atoms with van der Waals surface area (Å²) in [4.78, 5) is 38.1. The maximum Gasteiger partial charge on any atom is 0.331 e. The first-order valence-electron chi connectivity index (χ1n) is 9.43. The highest BCUT2D eigenvalue weighted by Crippen LogP contribution is 2.17. The second-order valence-electron chi connectivity index (χ2n) is 6.90. The van der Waals surface area contributed by atoms with E-state index in [4.69, 9.17) is 0 Å². The SMILES string of the molecule is O=C(CCn1c(=O)c2sccc2n(Cc2cccc(F)c2)c1=O)Nc1ccc(F)cc1. The predicted molar refractivity (Wildman–Crippen MR) is 115 cm³/mol. The molecular formula is C22H17F2N3O3S. The summed E-state index contributed by atoms with van der Waals surface area (Å²) >= 11 is 1.20. The number of nitrogens with one attached hydrogen (secondary N) is 1. The zero-order chi connectivity index (χ0) is 22.0. The first-order chi connectivity index (χ1) is 14.9. The lowest BCUT2D eigenvalue weighted by Crippen LogP contribution is -2.40. The molecule has 1 N–H and O–H groups in total. The van der Waals surface area contributed by atoms with Gasteiger partial charge in [-0.25, -0.2) is 13.6 Å². The van der Waals surface area contributed by atoms with Crippen LogP contribution in [-0.2, 0) is 17.9 Å². The molecule has 0 spiro atoms. The van der Waals surface area contributed by atoms with Gasteiger partial charge >= 0.3 is 5.69 Å². The minimum atomic E-state index is -0.574. The molecule has 6 nitrogen and oxygen atoms in total. The van der Waals surface area contributed by atoms with E-state index in [1.54, 1.807) is 23.6 Å². The zero-order valence-electron chi connectivity index (χ0n) is 16.2. The lowest BCUT2D eigenvalue weighted by molar-refractivity contribution is -0.116. The van der Waals surface area contributed by atoms with Crippen molar-refractivity contribution in [3.63, 3.8) is 0 Å². The van der Waals surface area contributed by atoms with E-state index >= 15 is 0 Å². The summed E-state index contributed by atoms with van der Waals surface area (Å²) in [5.41, 5.74) is 0.413. The number of carbonyl (C=O) groups is 1. The number of amides is 1. The molecule has 0 saturated heterocycles. The molecule has 158 valence electrons. The average molecular weight is 441 g/mol. The van der Waals surface area contributed by atoms with Gasteiger partial charge in [0.15, 0.2) is 0 Å². The first-order valence-corrected chi connectivity index (χ1v) is 10.3. The third kappa shape index (κ3) is 4.46. The highest BCUT2D eigenvalue weighted by molar-refractivity contribution is 7.17. The summed E-state index contributed by atoms with van der Waals surface area (Å²) in [6.45, 7) is -0.0342. The lowest BCUT2D eigenvalue weighted by Gasteiger charge is -2.12. The Bertz CT molecular complexity index is 1370. The number of hydrogen-bond acceptors (Lipinski definition) is 4. The first kappa shape index (κ1) is 20.7. The molecule has 2 heterocycles. The van der Waals surface area contributed by atoms with Crippen molar-refractivity contribution < 1.29 is 13.6 Å². The lowest BCUT2D eigenvalue weighted by atomic mass is 10.2. The van der Waals surface area contributed by atoms with Crippen LogP contribution in [0.15, 0.2) is 69.6 Å². The number of nitrogens with zero attached hydrogens (tertiary/aromatic N) is 2. The number of thiophene rings is 1. The molecule has 0 aliphatic carbocycles. The number of anilines is 1. The Hall–Kier alpha value is -3.59. The van der Waals surface area contributed by atoms with Crippen LogP contribution < -0.4 is 16.6 Å². The molecule has 31 heavy (non-hydrogen) atoms. The number of benzene rings is 2. The van der Waals surface area contributed by atoms with Crippen LogP contribution >= 0.6 is 11.3 Å². The molecule has 1 amide bonds. The van der Waals surface area contributed by atoms with Crippen LogP contribution in [0, 0.1) is 11.6 Å². The summed E-state index contributed by atoms with van der Waals surface area (Å²) in [6, 6.07) is 12.8. The third-order valence-corrected chi connectivity index (χ3v) is 5.65. The fourth-order valence-electron chi connectivity index (χ4n) is 3.27. The van der Waals surface area contributed by atoms with E-state index in [1.807, 2.05) is 0 Å². The standard InChI is InChI=1S/C22H17F2N3O3S/c23-15-4-6-17(7-5-15)25-19(28)8-10-26-21(29)20-18(9-11-31-20)27(22(26)30)13-14-2-1-3-16(24)12-14/h1-7,9,11-12H,8,10,13H2,(H,25,28). The van der Waals surface area contributed by atoms with Crippen molar-refractivity contribution in [1.29, 1.82) is 0 Å². The second kappa shape index (κ2) is 8.65. The van der Waals surface area contributed by atoms with E-state index in [1.165, 1.54) is 52.3 Å². The van der Waals surface area contributed by atoms with Crippen molar-refractivity contribution in [2.75, 3.05) is 5.32 Å². The second-order valence-corrected chi connectivity index (χ2v) is 7.81. The van der Waals surface area contributed by atoms with Crippen LogP contribution in [0.25, 0.3) is 10.2 Å². The van der Waals surface area contributed by atoms with E-state index in [9.17, 15) is 23.2 Å². The van der Waals surface area contributed by atoms with Gasteiger partial charge in [-0.2, -0.15) is 0 Å². The van der Waals surface area contributed by atoms with Crippen LogP contribution in [0.1, 0.15) is 12.0 Å². The molecule has 9 heteroatoms. The summed E-state index contributed by atoms with van der Waals surface area (Å²) in [5, 5.41) is 4.31. The fraction of sp³-hybridized carbons (Fsp3) is 0.136. The average Bonchev–Trinajstić information content (AvgIpc) is 3.23. The Balaban J connectivity index is 1.61. The van der Waals surface area contributed by atoms with Gasteiger partial charge in [0.25, 0.3) is 5.56 Å². The number of halogens is 2. The van der Waals surface area contributed by atoms with Gasteiger partial charge in [0, 0.05) is 18.7 Å². The largest absolute Gasteiger partial charge is 0.331 e. The van der Waals surface area contributed by atoms with Crippen LogP contribution in [-0.4, -0.2) is 15.0 Å². The molecule has 0 saturated carbocycles. The summed E-state index contributed by atoms with van der Waals surface area (Å²) in [5.74, 6) is -1.26. The van der Waals surface area contributed by atoms with Gasteiger partial charge in [-0.3, -0.25) is 18.7 Å². The van der Waals surface area contributed by atoms with Crippen LogP contribution in [0.2, 0.25) is 0 Å². The molecule has 0 unspecified atom stereocenters. The number of hydrogen-bond donors (Lipinski definition) is 1. The predicted octanol–water partition coefficient (Wildman–Crippen LogP) is 3.58. The molecule has 0 aliphatic rings. The smallest absolute Gasteiger partial charge is 0.326 e. The van der Waals surface area contributed by atoms with Gasteiger partial charge in [-0.15, -0.1) is 11.3 Å². The van der Waals surface area contributed by atoms with E-state index in [2.05, 4.69) is 5.32 Å². The fourth-order valence-corrected chi connectivity index (χ4v) is 4.11. The number of rotatable bonds is 6. The number of fused-ring (bicyclic) bond motifs is 1. The molecule has 4 aromatic rings. The summed E-state index contributed by atoms with van der Waals surface area (Å²) < 4.78 is 29.4. The number of aromatic nitrogens is 2. The quantitative estimate of drug-likeness (QED) is 0.497. The van der Waals surface area contributed by atoms with Gasteiger partial charge in [-0.1, -0.05) is 12.1 Å². The highest BCUT2D eigenvalue weighted by Gasteiger charge is 2.16. The molecule has 0 radical (unpaired) electrons. The van der Waals surface area contributed by atoms with Crippen molar-refractivity contribution >= 4 is 33.1 Å². The molecule has 2 aromatic heterocycles. The molecule has 0 atom stereocenters. The number of carbonyl (C=O) groups excluding carboxylic acids is 1. The van der Waals surface area contributed by atoms with Crippen LogP contribution in [0.4, 0.5) is 14.5 Å². The zero-order valence-corrected chi connectivity index (χ0v) is 17.0. The van der Waals surface area contributed by atoms with E-state index in [-0.39, 0.29) is 19.5 Å². The Morgan fingerprint density at radius 1 is 0.968 bits per heavy atom. The van der Waals surface area contributed by atoms with Crippen molar-refractivity contribution in [2.24, 2.45) is 0 Å². The molecule has 2 aromatic carbocycles. The Morgan fingerprint density at radius 3 is 2.48 bits per heavy atom. The minimum Gasteiger partial charge on any atom is -0.326 e. The van der Waals surface area contributed by atoms with Gasteiger partial charge < -0.3 is 5.32 Å². The van der Waals surface area contributed by atoms with Gasteiger partial charge in [-0.05, 0) is 53.4 Å². The van der Waals surface area contributed by atoms with Gasteiger partial charge in [0.2, 0.25) is 5.91 Å². The van der Waals surface area contributed by atoms with E-state index in [0.717, 1.165) is 4.57 Å². The maximum absolute atomic E-state index is 13.6. The van der Waals surface area contributed by atoms with Crippen LogP contribution in [0.5, 0.6) is 0 Å². The summed E-state index contributed by atoms with van der Waals surface area (Å²) in [7, 11) is 0. The molecule has 0 aliphatic heterocycles. The van der Waals surface area contributed by atoms with Crippen molar-refractivity contribution in [3.8, 4) is 0 Å². The van der Waals surface area contributed by atoms with E-state index < -0.39 is 28.8 Å². The van der Waals surface area contributed by atoms with Crippen molar-refractivity contribution in [1.82, 2.24) is 9.13 Å². The molecule has 0 bridgehead atoms. The Labute approximate surface area is 179 Å². The Kier molecular flexibility index (Phi) is 5.77. The van der Waals surface area contributed by atoms with E-state index in [0.29, 0.717) is 21.5 Å². The van der Waals surface area contributed by atoms with Crippen molar-refractivity contribution in [3.05, 3.63) is 98.0 Å². The normalized spacial score (nSPS) is 11.0. The topological polar surface area (TPSA) is 73.1 Å². The monoisotopic (exact) mass is 441 g/mol. The minimum absolute atomic E-state index is 0.0892. The highest BCUT2D eigenvalue weighted by atomic mass is 32.1. The molecule has 4 rings (SSSR count). The molecule has 0 fully saturated rings. The van der Waals surface area contributed by atoms with Crippen LogP contribution in [0.3, 0.4) is 0 Å². The maximum atomic E-state index is 13.6. The Morgan fingerprint density at radius 2 is 1.74 bits per heavy atom. The van der Waals surface area contributed by atoms with Crippen molar-refractivity contribution in [2.45, 2.75) is 19.5 Å². The van der Waals surface area contributed by atoms with Gasteiger partial charge in [0.1, 0.15) is 16.3 Å².